The van der Waals surface area contributed by atoms with Crippen LogP contribution in [0.2, 0.25) is 0 Å². The summed E-state index contributed by atoms with van der Waals surface area (Å²) >= 11 is 8.13. The van der Waals surface area contributed by atoms with Crippen LogP contribution in [0.15, 0.2) is 4.76 Å². The van der Waals surface area contributed by atoms with Crippen molar-refractivity contribution in [3.05, 3.63) is 0 Å². The third kappa shape index (κ3) is 3.17. The van der Waals surface area contributed by atoms with Gasteiger partial charge < -0.3 is 0 Å². The highest BCUT2D eigenvalue weighted by molar-refractivity contribution is 9.10. The van der Waals surface area contributed by atoms with Crippen molar-refractivity contribution in [3.8, 4) is 0 Å². The van der Waals surface area contributed by atoms with Gasteiger partial charge in [0.1, 0.15) is 0 Å². The number of alkyl halides is 2. The molecule has 0 saturated heterocycles. The quantitative estimate of drug-likeness (QED) is 0.324. The van der Waals surface area contributed by atoms with Crippen LogP contribution in [0.3, 0.4) is 0 Å². The van der Waals surface area contributed by atoms with E-state index in [2.05, 4.69) is 20.7 Å². The van der Waals surface area contributed by atoms with Crippen LogP contribution in [0.1, 0.15) is 0 Å². The lowest BCUT2D eigenvalue weighted by atomic mass is 11.7. The first-order chi connectivity index (χ1) is 4.18. The van der Waals surface area contributed by atoms with Crippen molar-refractivity contribution in [3.63, 3.8) is 0 Å². The Kier molecular flexibility index (Phi) is 4.41. The lowest BCUT2D eigenvalue weighted by Gasteiger charge is -1.99. The first kappa shape index (κ1) is 9.38. The zero-order valence-electron chi connectivity index (χ0n) is 4.38. The molecule has 52 valence electrons. The zero-order valence-corrected chi connectivity index (χ0v) is 7.62. The number of isocyanates is 1. The Morgan fingerprint density at radius 3 is 2.44 bits per heavy atom. The van der Waals surface area contributed by atoms with Crippen molar-refractivity contribution in [2.75, 3.05) is 10.7 Å². The van der Waals surface area contributed by atoms with Gasteiger partial charge in [-0.2, -0.15) is 0 Å². The van der Waals surface area contributed by atoms with E-state index in [0.717, 1.165) is 0 Å². The number of hydrogen-bond donors (Lipinski definition) is 0. The second-order valence-corrected chi connectivity index (χ2v) is 5.87. The van der Waals surface area contributed by atoms with Gasteiger partial charge in [0, 0.05) is 0 Å². The van der Waals surface area contributed by atoms with Crippen LogP contribution in [0.25, 0.3) is 0 Å². The molecule has 0 spiro atoms. The maximum atomic E-state index is 10.9. The van der Waals surface area contributed by atoms with Gasteiger partial charge in [-0.1, -0.05) is 15.9 Å². The summed E-state index contributed by atoms with van der Waals surface area (Å²) in [6.45, 7) is 0. The van der Waals surface area contributed by atoms with Crippen molar-refractivity contribution >= 4 is 40.9 Å². The first-order valence-electron chi connectivity index (χ1n) is 1.98. The number of nitrogens with zero attached hydrogens (tertiary/aromatic N) is 1. The summed E-state index contributed by atoms with van der Waals surface area (Å²) in [6, 6.07) is 0. The topological polar surface area (TPSA) is 46.5 Å². The highest BCUT2D eigenvalue weighted by Gasteiger charge is 2.16. The fourth-order valence-corrected chi connectivity index (χ4v) is 2.37. The Bertz CT molecular complexity index is 171. The zero-order chi connectivity index (χ0) is 7.33. The largest absolute Gasteiger partial charge is 0.296 e. The molecule has 0 bridgehead atoms. The first-order valence-corrected chi connectivity index (χ1v) is 5.66. The average Bonchev–Trinajstić information content (AvgIpc) is 1.89. The Morgan fingerprint density at radius 2 is 2.33 bits per heavy atom. The molecule has 0 aliphatic rings. The summed E-state index contributed by atoms with van der Waals surface area (Å²) in [6.07, 6.45) is 1.21. The van der Waals surface area contributed by atoms with Crippen LogP contribution in [0, 0.1) is 0 Å². The summed E-state index contributed by atoms with van der Waals surface area (Å²) in [5.74, 6) is 0. The second-order valence-electron chi connectivity index (χ2n) is 1.28. The minimum Gasteiger partial charge on any atom is -0.296 e. The van der Waals surface area contributed by atoms with Gasteiger partial charge in [-0.15, -0.1) is 16.4 Å². The molecule has 0 heterocycles. The summed E-state index contributed by atoms with van der Waals surface area (Å²) < 4.78 is 14.0. The molecule has 1 unspecified atom stereocenters. The summed E-state index contributed by atoms with van der Waals surface area (Å²) in [5.41, 5.74) is -0.118. The fourth-order valence-electron chi connectivity index (χ4n) is 0.160. The van der Waals surface area contributed by atoms with E-state index in [1.807, 2.05) is 0 Å². The van der Waals surface area contributed by atoms with Gasteiger partial charge in [-0.25, -0.2) is 4.79 Å². The minimum atomic E-state index is -2.80. The fraction of sp³-hybridized carbons (Fsp3) is 0.667. The molecule has 1 atom stereocenters. The van der Waals surface area contributed by atoms with Crippen LogP contribution >= 0.6 is 34.8 Å². The molecule has 3 nitrogen and oxygen atoms in total. The van der Waals surface area contributed by atoms with E-state index in [1.54, 1.807) is 0 Å². The Balaban J connectivity index is 4.28. The van der Waals surface area contributed by atoms with E-state index < -0.39 is 7.29 Å². The summed E-state index contributed by atoms with van der Waals surface area (Å²) in [5, 5.41) is 0.138. The smallest absolute Gasteiger partial charge is 0.241 e. The van der Waals surface area contributed by atoms with Crippen molar-refractivity contribution < 1.29 is 9.36 Å². The number of hydrogen-bond acceptors (Lipinski definition) is 2. The predicted octanol–water partition coefficient (Wildman–Crippen LogP) is 2.15. The van der Waals surface area contributed by atoms with Gasteiger partial charge >= 0.3 is 0 Å². The van der Waals surface area contributed by atoms with E-state index >= 15 is 0 Å². The maximum absolute atomic E-state index is 10.9. The molecular weight excluding hydrogens is 228 g/mol. The molecule has 0 amide bonds. The van der Waals surface area contributed by atoms with E-state index in [9.17, 15) is 9.36 Å². The van der Waals surface area contributed by atoms with Crippen LogP contribution < -0.4 is 0 Å². The van der Waals surface area contributed by atoms with Gasteiger partial charge in [0.25, 0.3) is 0 Å². The molecule has 0 aliphatic carbocycles. The summed E-state index contributed by atoms with van der Waals surface area (Å²) in [4.78, 5) is 9.59. The van der Waals surface area contributed by atoms with Gasteiger partial charge in [-0.05, 0) is 0 Å². The highest BCUT2D eigenvalue weighted by atomic mass is 79.9. The van der Waals surface area contributed by atoms with E-state index in [4.69, 9.17) is 11.6 Å². The molecule has 9 heavy (non-hydrogen) atoms. The molecule has 0 aromatic carbocycles. The molecule has 0 saturated carbocycles. The monoisotopic (exact) mass is 231 g/mol. The molecule has 0 aromatic heterocycles. The van der Waals surface area contributed by atoms with Gasteiger partial charge in [0.2, 0.25) is 13.4 Å². The lowest BCUT2D eigenvalue weighted by molar-refractivity contribution is 0.563. The molecule has 0 N–H and O–H groups in total. The van der Waals surface area contributed by atoms with Crippen LogP contribution in [0.5, 0.6) is 0 Å². The molecule has 0 fully saturated rings. The molecular formula is C3H4BrClNO2P. The Labute approximate surface area is 66.0 Å². The number of rotatable bonds is 3. The maximum Gasteiger partial charge on any atom is 0.241 e. The average molecular weight is 232 g/mol. The molecule has 0 aromatic rings. The molecule has 6 heteroatoms. The van der Waals surface area contributed by atoms with Gasteiger partial charge in [0.15, 0.2) is 0 Å². The number of carbonyl (C=O) groups excluding carboxylic acids is 1. The molecule has 0 aliphatic heterocycles. The SMILES string of the molecule is O=C=NP(=O)(CCl)CBr. The molecule has 0 rings (SSSR count). The van der Waals surface area contributed by atoms with E-state index in [0.29, 0.717) is 0 Å². The summed E-state index contributed by atoms with van der Waals surface area (Å²) in [7, 11) is -2.80. The van der Waals surface area contributed by atoms with Crippen LogP contribution in [-0.2, 0) is 9.36 Å². The standard InChI is InChI=1S/C3H4BrClNO2P/c4-1-9(8,2-5)6-3-7/h1-2H2. The van der Waals surface area contributed by atoms with Crippen LogP contribution in [0.4, 0.5) is 0 Å². The van der Waals surface area contributed by atoms with Crippen molar-refractivity contribution in [1.82, 2.24) is 0 Å². The number of halogens is 2. The van der Waals surface area contributed by atoms with Crippen molar-refractivity contribution in [1.29, 1.82) is 0 Å². The Hall–Kier alpha value is 0.380. The third-order valence-electron chi connectivity index (χ3n) is 0.597. The highest BCUT2D eigenvalue weighted by Crippen LogP contribution is 2.48. The van der Waals surface area contributed by atoms with Crippen LogP contribution in [-0.4, -0.2) is 16.8 Å². The van der Waals surface area contributed by atoms with Crippen molar-refractivity contribution in [2.45, 2.75) is 0 Å². The predicted molar refractivity (Wildman–Crippen MR) is 40.2 cm³/mol. The lowest BCUT2D eigenvalue weighted by Crippen LogP contribution is -1.78. The minimum absolute atomic E-state index is 0.118. The third-order valence-corrected chi connectivity index (χ3v) is 5.26. The van der Waals surface area contributed by atoms with E-state index in [1.165, 1.54) is 6.08 Å². The molecule has 0 radical (unpaired) electrons. The van der Waals surface area contributed by atoms with Gasteiger partial charge in [0.05, 0.1) is 10.7 Å². The normalized spacial score (nSPS) is 15.8. The van der Waals surface area contributed by atoms with E-state index in [-0.39, 0.29) is 10.7 Å². The van der Waals surface area contributed by atoms with Gasteiger partial charge in [-0.3, -0.25) is 4.57 Å². The second kappa shape index (κ2) is 4.24. The van der Waals surface area contributed by atoms with Crippen molar-refractivity contribution in [2.24, 2.45) is 4.76 Å². The Morgan fingerprint density at radius 1 is 1.78 bits per heavy atom.